The number of esters is 1. The number of carbonyl (C=O) groups is 1. The Bertz CT molecular complexity index is 618. The summed E-state index contributed by atoms with van der Waals surface area (Å²) in [5.41, 5.74) is 0.722. The number of aromatic hydroxyl groups is 1. The van der Waals surface area contributed by atoms with Gasteiger partial charge < -0.3 is 24.8 Å². The van der Waals surface area contributed by atoms with Gasteiger partial charge in [0.2, 0.25) is 0 Å². The van der Waals surface area contributed by atoms with Crippen LogP contribution in [0.25, 0.3) is 0 Å². The molecular weight excluding hydrogens is 322 g/mol. The number of hydrogen-bond donors (Lipinski definition) is 2. The third-order valence-electron chi connectivity index (χ3n) is 4.28. The van der Waals surface area contributed by atoms with Crippen LogP contribution in [0.5, 0.6) is 11.5 Å². The molecule has 2 rings (SSSR count). The molecule has 0 aromatic heterocycles. The number of likely N-dealkylation sites (tertiary alicyclic amines) is 1. The van der Waals surface area contributed by atoms with Crippen molar-refractivity contribution in [2.75, 3.05) is 33.9 Å². The fourth-order valence-corrected chi connectivity index (χ4v) is 2.96. The molecule has 7 heteroatoms. The average Bonchev–Trinajstić information content (AvgIpc) is 2.64. The Labute approximate surface area is 148 Å². The SMILES string of the molecule is CCOC(=O)C1CCCN(C(=NC)NCc2cc(OC)ccc2O)C1. The number of phenolic OH excluding ortho intramolecular Hbond substituents is 1. The highest BCUT2D eigenvalue weighted by Gasteiger charge is 2.28. The topological polar surface area (TPSA) is 83.4 Å². The Kier molecular flexibility index (Phi) is 6.91. The normalized spacial score (nSPS) is 18.0. The Hall–Kier alpha value is -2.44. The van der Waals surface area contributed by atoms with Gasteiger partial charge in [-0.25, -0.2) is 0 Å². The third kappa shape index (κ3) is 5.01. The molecule has 1 atom stereocenters. The molecule has 0 aliphatic carbocycles. The summed E-state index contributed by atoms with van der Waals surface area (Å²) in [5, 5.41) is 13.2. The van der Waals surface area contributed by atoms with Crippen LogP contribution >= 0.6 is 0 Å². The van der Waals surface area contributed by atoms with Gasteiger partial charge in [-0.15, -0.1) is 0 Å². The largest absolute Gasteiger partial charge is 0.508 e. The zero-order chi connectivity index (χ0) is 18.2. The molecule has 2 N–H and O–H groups in total. The van der Waals surface area contributed by atoms with Crippen molar-refractivity contribution in [3.8, 4) is 11.5 Å². The molecule has 1 heterocycles. The number of phenols is 1. The van der Waals surface area contributed by atoms with E-state index in [0.717, 1.165) is 24.9 Å². The van der Waals surface area contributed by atoms with E-state index in [2.05, 4.69) is 15.2 Å². The van der Waals surface area contributed by atoms with Gasteiger partial charge >= 0.3 is 5.97 Å². The summed E-state index contributed by atoms with van der Waals surface area (Å²) >= 11 is 0. The number of nitrogens with zero attached hydrogens (tertiary/aromatic N) is 2. The van der Waals surface area contributed by atoms with Gasteiger partial charge in [-0.1, -0.05) is 0 Å². The van der Waals surface area contributed by atoms with E-state index in [1.807, 2.05) is 6.92 Å². The number of piperidine rings is 1. The van der Waals surface area contributed by atoms with Crippen molar-refractivity contribution >= 4 is 11.9 Å². The molecule has 0 bridgehead atoms. The smallest absolute Gasteiger partial charge is 0.310 e. The van der Waals surface area contributed by atoms with E-state index >= 15 is 0 Å². The lowest BCUT2D eigenvalue weighted by Gasteiger charge is -2.34. The minimum Gasteiger partial charge on any atom is -0.508 e. The van der Waals surface area contributed by atoms with E-state index in [4.69, 9.17) is 9.47 Å². The maximum absolute atomic E-state index is 12.0. The Morgan fingerprint density at radius 1 is 1.48 bits per heavy atom. The number of guanidine groups is 1. The van der Waals surface area contributed by atoms with Gasteiger partial charge in [0.15, 0.2) is 5.96 Å². The molecule has 138 valence electrons. The second kappa shape index (κ2) is 9.15. The first kappa shape index (κ1) is 18.9. The predicted molar refractivity (Wildman–Crippen MR) is 95.8 cm³/mol. The van der Waals surface area contributed by atoms with Crippen molar-refractivity contribution in [1.82, 2.24) is 10.2 Å². The molecule has 1 aliphatic heterocycles. The van der Waals surface area contributed by atoms with E-state index in [1.54, 1.807) is 32.4 Å². The number of hydrogen-bond acceptors (Lipinski definition) is 5. The number of benzene rings is 1. The lowest BCUT2D eigenvalue weighted by molar-refractivity contribution is -0.149. The average molecular weight is 349 g/mol. The van der Waals surface area contributed by atoms with Gasteiger partial charge in [-0.3, -0.25) is 9.79 Å². The summed E-state index contributed by atoms with van der Waals surface area (Å²) in [6.07, 6.45) is 1.75. The van der Waals surface area contributed by atoms with Gasteiger partial charge in [0.1, 0.15) is 11.5 Å². The van der Waals surface area contributed by atoms with Gasteiger partial charge in [0.05, 0.1) is 19.6 Å². The summed E-state index contributed by atoms with van der Waals surface area (Å²) in [4.78, 5) is 18.4. The van der Waals surface area contributed by atoms with Crippen LogP contribution in [0.15, 0.2) is 23.2 Å². The number of nitrogens with one attached hydrogen (secondary N) is 1. The van der Waals surface area contributed by atoms with Crippen LogP contribution in [0.1, 0.15) is 25.3 Å². The molecule has 0 spiro atoms. The Balaban J connectivity index is 1.99. The maximum Gasteiger partial charge on any atom is 0.310 e. The van der Waals surface area contributed by atoms with E-state index in [9.17, 15) is 9.90 Å². The molecule has 0 radical (unpaired) electrons. The molecular formula is C18H27N3O4. The molecule has 25 heavy (non-hydrogen) atoms. The first-order valence-electron chi connectivity index (χ1n) is 8.57. The highest BCUT2D eigenvalue weighted by atomic mass is 16.5. The number of rotatable bonds is 5. The first-order valence-corrected chi connectivity index (χ1v) is 8.57. The quantitative estimate of drug-likeness (QED) is 0.479. The number of carbonyl (C=O) groups excluding carboxylic acids is 1. The van der Waals surface area contributed by atoms with Gasteiger partial charge in [-0.2, -0.15) is 0 Å². The summed E-state index contributed by atoms with van der Waals surface area (Å²) in [7, 11) is 3.30. The van der Waals surface area contributed by atoms with Crippen LogP contribution in [0.4, 0.5) is 0 Å². The lowest BCUT2D eigenvalue weighted by atomic mass is 9.98. The second-order valence-electron chi connectivity index (χ2n) is 5.93. The molecule has 1 unspecified atom stereocenters. The van der Waals surface area contributed by atoms with Gasteiger partial charge in [0.25, 0.3) is 0 Å². The Morgan fingerprint density at radius 3 is 2.96 bits per heavy atom. The third-order valence-corrected chi connectivity index (χ3v) is 4.28. The number of methoxy groups -OCH3 is 1. The lowest BCUT2D eigenvalue weighted by Crippen LogP contribution is -2.48. The second-order valence-corrected chi connectivity index (χ2v) is 5.93. The minimum atomic E-state index is -0.145. The standard InChI is InChI=1S/C18H27N3O4/c1-4-25-17(23)13-6-5-9-21(12-13)18(19-2)20-11-14-10-15(24-3)7-8-16(14)22/h7-8,10,13,22H,4-6,9,11-12H2,1-3H3,(H,19,20). The fraction of sp³-hybridized carbons (Fsp3) is 0.556. The zero-order valence-corrected chi connectivity index (χ0v) is 15.1. The molecule has 1 aromatic rings. The maximum atomic E-state index is 12.0. The summed E-state index contributed by atoms with van der Waals surface area (Å²) in [6, 6.07) is 5.10. The van der Waals surface area contributed by atoms with Crippen molar-refractivity contribution < 1.29 is 19.4 Å². The first-order chi connectivity index (χ1) is 12.1. The minimum absolute atomic E-state index is 0.127. The van der Waals surface area contributed by atoms with Crippen molar-refractivity contribution in [1.29, 1.82) is 0 Å². The zero-order valence-electron chi connectivity index (χ0n) is 15.1. The van der Waals surface area contributed by atoms with Crippen LogP contribution in [0, 0.1) is 5.92 Å². The van der Waals surface area contributed by atoms with E-state index < -0.39 is 0 Å². The van der Waals surface area contributed by atoms with Gasteiger partial charge in [-0.05, 0) is 38.0 Å². The van der Waals surface area contributed by atoms with Gasteiger partial charge in [0, 0.05) is 32.2 Å². The van der Waals surface area contributed by atoms with Crippen molar-refractivity contribution in [3.05, 3.63) is 23.8 Å². The molecule has 1 aromatic carbocycles. The van der Waals surface area contributed by atoms with E-state index in [0.29, 0.717) is 31.4 Å². The summed E-state index contributed by atoms with van der Waals surface area (Å²) in [5.74, 6) is 1.32. The van der Waals surface area contributed by atoms with Crippen LogP contribution in [-0.2, 0) is 16.1 Å². The highest BCUT2D eigenvalue weighted by Crippen LogP contribution is 2.23. The van der Waals surface area contributed by atoms with Crippen LogP contribution in [-0.4, -0.2) is 55.8 Å². The number of ether oxygens (including phenoxy) is 2. The summed E-state index contributed by atoms with van der Waals surface area (Å²) < 4.78 is 10.3. The van der Waals surface area contributed by atoms with Crippen molar-refractivity contribution in [2.45, 2.75) is 26.3 Å². The molecule has 7 nitrogen and oxygen atoms in total. The van der Waals surface area contributed by atoms with Crippen LogP contribution in [0.2, 0.25) is 0 Å². The van der Waals surface area contributed by atoms with Crippen molar-refractivity contribution in [2.24, 2.45) is 10.9 Å². The van der Waals surface area contributed by atoms with Crippen molar-refractivity contribution in [3.63, 3.8) is 0 Å². The highest BCUT2D eigenvalue weighted by molar-refractivity contribution is 5.81. The molecule has 1 fully saturated rings. The Morgan fingerprint density at radius 2 is 2.28 bits per heavy atom. The molecule has 0 saturated carbocycles. The van der Waals surface area contributed by atoms with E-state index in [1.165, 1.54) is 0 Å². The van der Waals surface area contributed by atoms with E-state index in [-0.39, 0.29) is 17.6 Å². The molecule has 0 amide bonds. The summed E-state index contributed by atoms with van der Waals surface area (Å²) in [6.45, 7) is 4.05. The molecule has 1 saturated heterocycles. The monoisotopic (exact) mass is 349 g/mol. The van der Waals surface area contributed by atoms with Crippen LogP contribution < -0.4 is 10.1 Å². The van der Waals surface area contributed by atoms with Crippen LogP contribution in [0.3, 0.4) is 0 Å². The fourth-order valence-electron chi connectivity index (χ4n) is 2.96. The molecule has 1 aliphatic rings. The predicted octanol–water partition coefficient (Wildman–Crippen LogP) is 1.75. The number of aliphatic imine (C=N–C) groups is 1.